The molecule has 0 fully saturated rings. The van der Waals surface area contributed by atoms with Crippen molar-refractivity contribution in [3.8, 4) is 11.1 Å². The van der Waals surface area contributed by atoms with Gasteiger partial charge in [0.1, 0.15) is 5.65 Å². The number of carboxylic acids is 1. The Balaban J connectivity index is 1.92. The van der Waals surface area contributed by atoms with Crippen molar-refractivity contribution < 1.29 is 9.90 Å². The van der Waals surface area contributed by atoms with Gasteiger partial charge in [0, 0.05) is 35.1 Å². The summed E-state index contributed by atoms with van der Waals surface area (Å²) >= 11 is 0. The van der Waals surface area contributed by atoms with E-state index in [1.165, 1.54) is 6.08 Å². The van der Waals surface area contributed by atoms with Crippen LogP contribution < -0.4 is 0 Å². The number of fused-ring (bicyclic) bond motifs is 2. The number of carbonyl (C=O) groups is 1. The molecule has 0 radical (unpaired) electrons. The molecule has 0 bridgehead atoms. The molecule has 0 aromatic carbocycles. The Hall–Kier alpha value is -3.48. The van der Waals surface area contributed by atoms with Gasteiger partial charge in [-0.1, -0.05) is 0 Å². The number of hydrogen-bond acceptors (Lipinski definition) is 4. The summed E-state index contributed by atoms with van der Waals surface area (Å²) in [6.45, 7) is 0. The zero-order chi connectivity index (χ0) is 15.8. The number of H-pyrrole nitrogens is 1. The first-order valence-corrected chi connectivity index (χ1v) is 6.90. The predicted molar refractivity (Wildman–Crippen MR) is 84.7 cm³/mol. The van der Waals surface area contributed by atoms with E-state index in [9.17, 15) is 4.79 Å². The molecular weight excluding hydrogens is 294 g/mol. The van der Waals surface area contributed by atoms with Crippen molar-refractivity contribution in [3.63, 3.8) is 0 Å². The predicted octanol–water partition coefficient (Wildman–Crippen LogP) is 2.37. The average molecular weight is 305 g/mol. The summed E-state index contributed by atoms with van der Waals surface area (Å²) in [4.78, 5) is 18.1. The first-order chi connectivity index (χ1) is 11.2. The minimum Gasteiger partial charge on any atom is -0.478 e. The quantitative estimate of drug-likeness (QED) is 0.566. The third-order valence-electron chi connectivity index (χ3n) is 3.55. The Bertz CT molecular complexity index is 1060. The minimum atomic E-state index is -0.995. The van der Waals surface area contributed by atoms with Crippen molar-refractivity contribution >= 4 is 28.6 Å². The van der Waals surface area contributed by atoms with Crippen LogP contribution in [0.25, 0.3) is 33.8 Å². The SMILES string of the molecule is O=C(O)/C=C/c1cc2c(-c3cnn4ncccc34)ccnc2[nH]1. The largest absolute Gasteiger partial charge is 0.478 e. The molecule has 112 valence electrons. The van der Waals surface area contributed by atoms with E-state index in [4.69, 9.17) is 5.11 Å². The molecule has 0 atom stereocenters. The third kappa shape index (κ3) is 2.24. The van der Waals surface area contributed by atoms with E-state index in [0.29, 0.717) is 11.3 Å². The summed E-state index contributed by atoms with van der Waals surface area (Å²) in [6, 6.07) is 7.58. The summed E-state index contributed by atoms with van der Waals surface area (Å²) in [7, 11) is 0. The fourth-order valence-electron chi connectivity index (χ4n) is 2.57. The molecule has 4 aromatic heterocycles. The summed E-state index contributed by atoms with van der Waals surface area (Å²) in [6.07, 6.45) is 7.74. The maximum atomic E-state index is 10.7. The lowest BCUT2D eigenvalue weighted by Crippen LogP contribution is -1.90. The lowest BCUT2D eigenvalue weighted by atomic mass is 10.1. The monoisotopic (exact) mass is 305 g/mol. The minimum absolute atomic E-state index is 0.678. The molecule has 4 heterocycles. The van der Waals surface area contributed by atoms with Crippen molar-refractivity contribution in [3.05, 3.63) is 54.6 Å². The van der Waals surface area contributed by atoms with Crippen LogP contribution in [0.4, 0.5) is 0 Å². The van der Waals surface area contributed by atoms with Crippen molar-refractivity contribution in [2.45, 2.75) is 0 Å². The summed E-state index contributed by atoms with van der Waals surface area (Å²) in [5.74, 6) is -0.995. The van der Waals surface area contributed by atoms with Crippen LogP contribution in [0.2, 0.25) is 0 Å². The maximum absolute atomic E-state index is 10.7. The molecule has 0 aliphatic carbocycles. The first kappa shape index (κ1) is 13.2. The van der Waals surface area contributed by atoms with E-state index in [2.05, 4.69) is 20.2 Å². The summed E-state index contributed by atoms with van der Waals surface area (Å²) in [5.41, 5.74) is 4.17. The zero-order valence-corrected chi connectivity index (χ0v) is 11.8. The molecule has 0 aliphatic heterocycles. The van der Waals surface area contributed by atoms with Crippen LogP contribution in [0.3, 0.4) is 0 Å². The molecule has 2 N–H and O–H groups in total. The van der Waals surface area contributed by atoms with E-state index in [0.717, 1.165) is 28.1 Å². The van der Waals surface area contributed by atoms with Crippen LogP contribution >= 0.6 is 0 Å². The van der Waals surface area contributed by atoms with Gasteiger partial charge in [0.15, 0.2) is 0 Å². The molecular formula is C16H11N5O2. The smallest absolute Gasteiger partial charge is 0.328 e. The summed E-state index contributed by atoms with van der Waals surface area (Å²) < 4.78 is 1.57. The number of carboxylic acid groups (broad SMARTS) is 1. The van der Waals surface area contributed by atoms with Crippen LogP contribution in [0.1, 0.15) is 5.69 Å². The van der Waals surface area contributed by atoms with Gasteiger partial charge in [0.25, 0.3) is 0 Å². The van der Waals surface area contributed by atoms with Gasteiger partial charge in [-0.05, 0) is 35.9 Å². The van der Waals surface area contributed by atoms with Gasteiger partial charge in [-0.2, -0.15) is 14.8 Å². The van der Waals surface area contributed by atoms with Crippen LogP contribution in [0.15, 0.2) is 48.9 Å². The number of pyridine rings is 1. The van der Waals surface area contributed by atoms with Crippen molar-refractivity contribution in [2.24, 2.45) is 0 Å². The molecule has 7 heteroatoms. The number of nitrogens with one attached hydrogen (secondary N) is 1. The standard InChI is InChI=1S/C16H11N5O2/c22-15(23)4-3-10-8-12-11(5-7-17-16(12)20-10)13-9-19-21-14(13)2-1-6-18-21/h1-9H,(H,17,20)(H,22,23)/b4-3+. The Morgan fingerprint density at radius 2 is 2.13 bits per heavy atom. The molecule has 0 aliphatic rings. The van der Waals surface area contributed by atoms with Crippen molar-refractivity contribution in [1.82, 2.24) is 24.8 Å². The number of nitrogens with zero attached hydrogens (tertiary/aromatic N) is 4. The van der Waals surface area contributed by atoms with E-state index < -0.39 is 5.97 Å². The Labute approximate surface area is 129 Å². The Kier molecular flexibility index (Phi) is 2.90. The van der Waals surface area contributed by atoms with Gasteiger partial charge in [-0.3, -0.25) is 0 Å². The normalized spacial score (nSPS) is 11.7. The number of aliphatic carboxylic acids is 1. The van der Waals surface area contributed by atoms with Crippen LogP contribution in [0.5, 0.6) is 0 Å². The first-order valence-electron chi connectivity index (χ1n) is 6.90. The topological polar surface area (TPSA) is 96.2 Å². The number of rotatable bonds is 3. The molecule has 0 unspecified atom stereocenters. The van der Waals surface area contributed by atoms with Gasteiger partial charge < -0.3 is 10.1 Å². The van der Waals surface area contributed by atoms with Gasteiger partial charge in [-0.25, -0.2) is 9.78 Å². The molecule has 0 amide bonds. The van der Waals surface area contributed by atoms with Gasteiger partial charge in [0.2, 0.25) is 0 Å². The maximum Gasteiger partial charge on any atom is 0.328 e. The molecule has 7 nitrogen and oxygen atoms in total. The van der Waals surface area contributed by atoms with E-state index >= 15 is 0 Å². The molecule has 23 heavy (non-hydrogen) atoms. The van der Waals surface area contributed by atoms with Crippen LogP contribution in [0, 0.1) is 0 Å². The number of aromatic amines is 1. The van der Waals surface area contributed by atoms with Crippen LogP contribution in [-0.2, 0) is 4.79 Å². The highest BCUT2D eigenvalue weighted by Gasteiger charge is 2.12. The lowest BCUT2D eigenvalue weighted by molar-refractivity contribution is -0.131. The fourth-order valence-corrected chi connectivity index (χ4v) is 2.57. The third-order valence-corrected chi connectivity index (χ3v) is 3.55. The van der Waals surface area contributed by atoms with E-state index in [-0.39, 0.29) is 0 Å². The molecule has 0 saturated carbocycles. The Morgan fingerprint density at radius 3 is 3.00 bits per heavy atom. The number of hydrogen-bond donors (Lipinski definition) is 2. The second-order valence-corrected chi connectivity index (χ2v) is 4.97. The summed E-state index contributed by atoms with van der Waals surface area (Å²) in [5, 5.41) is 18.1. The van der Waals surface area contributed by atoms with Crippen LogP contribution in [-0.4, -0.2) is 35.9 Å². The fraction of sp³-hybridized carbons (Fsp3) is 0. The molecule has 0 saturated heterocycles. The second-order valence-electron chi connectivity index (χ2n) is 4.97. The van der Waals surface area contributed by atoms with E-state index in [1.54, 1.807) is 23.2 Å². The number of aromatic nitrogens is 5. The molecule has 4 rings (SSSR count). The molecule has 0 spiro atoms. The Morgan fingerprint density at radius 1 is 1.22 bits per heavy atom. The zero-order valence-electron chi connectivity index (χ0n) is 11.8. The van der Waals surface area contributed by atoms with Gasteiger partial charge in [0.05, 0.1) is 11.7 Å². The highest BCUT2D eigenvalue weighted by Crippen LogP contribution is 2.30. The average Bonchev–Trinajstić information content (AvgIpc) is 3.16. The lowest BCUT2D eigenvalue weighted by Gasteiger charge is -2.00. The molecule has 4 aromatic rings. The van der Waals surface area contributed by atoms with Crippen molar-refractivity contribution in [2.75, 3.05) is 0 Å². The van der Waals surface area contributed by atoms with Gasteiger partial charge >= 0.3 is 5.97 Å². The van der Waals surface area contributed by atoms with Crippen molar-refractivity contribution in [1.29, 1.82) is 0 Å². The second kappa shape index (κ2) is 5.06. The highest BCUT2D eigenvalue weighted by atomic mass is 16.4. The highest BCUT2D eigenvalue weighted by molar-refractivity contribution is 5.98. The van der Waals surface area contributed by atoms with Gasteiger partial charge in [-0.15, -0.1) is 0 Å². The van der Waals surface area contributed by atoms with E-state index in [1.807, 2.05) is 24.3 Å².